The predicted molar refractivity (Wildman–Crippen MR) is 66.1 cm³/mol. The third-order valence-electron chi connectivity index (χ3n) is 2.54. The fourth-order valence-electron chi connectivity index (χ4n) is 1.68. The van der Waals surface area contributed by atoms with Crippen LogP contribution in [-0.2, 0) is 11.2 Å². The number of benzene rings is 2. The second kappa shape index (κ2) is 4.62. The maximum Gasteiger partial charge on any atom is 0.124 e. The molecule has 0 bridgehead atoms. The van der Waals surface area contributed by atoms with Gasteiger partial charge in [0.15, 0.2) is 0 Å². The lowest BCUT2D eigenvalue weighted by molar-refractivity contribution is -0.107. The molecular weight excluding hydrogens is 198 g/mol. The number of para-hydroxylation sites is 1. The molecule has 0 spiro atoms. The summed E-state index contributed by atoms with van der Waals surface area (Å²) in [4.78, 5) is 10.4. The van der Waals surface area contributed by atoms with Gasteiger partial charge in [0.05, 0.1) is 0 Å². The molecule has 2 rings (SSSR count). The maximum atomic E-state index is 10.4. The van der Waals surface area contributed by atoms with Gasteiger partial charge in [-0.05, 0) is 17.2 Å². The quantitative estimate of drug-likeness (QED) is 0.626. The summed E-state index contributed by atoms with van der Waals surface area (Å²) in [5, 5.41) is 0. The summed E-state index contributed by atoms with van der Waals surface area (Å²) in [7, 11) is 0. The zero-order valence-corrected chi connectivity index (χ0v) is 8.89. The van der Waals surface area contributed by atoms with Gasteiger partial charge < -0.3 is 10.5 Å². The van der Waals surface area contributed by atoms with Gasteiger partial charge in [-0.25, -0.2) is 0 Å². The standard InChI is InChI=1S/C14H13NO/c15-14-4-2-1-3-13(14)12-7-5-11(6-8-12)9-10-16/h1-8,10H,9,15H2. The fraction of sp³-hybridized carbons (Fsp3) is 0.0714. The SMILES string of the molecule is Nc1ccccc1-c1ccc(CC=O)cc1. The lowest BCUT2D eigenvalue weighted by atomic mass is 10.0. The Balaban J connectivity index is 2.35. The molecule has 0 atom stereocenters. The fourth-order valence-corrected chi connectivity index (χ4v) is 1.68. The molecule has 0 aliphatic heterocycles. The Kier molecular flexibility index (Phi) is 3.01. The van der Waals surface area contributed by atoms with Crippen molar-refractivity contribution in [3.63, 3.8) is 0 Å². The van der Waals surface area contributed by atoms with E-state index in [0.717, 1.165) is 28.7 Å². The molecule has 0 saturated heterocycles. The van der Waals surface area contributed by atoms with Crippen molar-refractivity contribution < 1.29 is 4.79 Å². The highest BCUT2D eigenvalue weighted by molar-refractivity contribution is 5.76. The van der Waals surface area contributed by atoms with Crippen LogP contribution in [0, 0.1) is 0 Å². The van der Waals surface area contributed by atoms with Crippen molar-refractivity contribution >= 4 is 12.0 Å². The summed E-state index contributed by atoms with van der Waals surface area (Å²) in [6.07, 6.45) is 1.37. The largest absolute Gasteiger partial charge is 0.398 e. The van der Waals surface area contributed by atoms with Crippen LogP contribution in [0.3, 0.4) is 0 Å². The average Bonchev–Trinajstić information content (AvgIpc) is 2.31. The highest BCUT2D eigenvalue weighted by atomic mass is 16.1. The first-order chi connectivity index (χ1) is 7.81. The first-order valence-corrected chi connectivity index (χ1v) is 5.18. The number of rotatable bonds is 3. The zero-order valence-electron chi connectivity index (χ0n) is 8.89. The topological polar surface area (TPSA) is 43.1 Å². The van der Waals surface area contributed by atoms with Crippen LogP contribution in [0.1, 0.15) is 5.56 Å². The van der Waals surface area contributed by atoms with Crippen LogP contribution in [0.15, 0.2) is 48.5 Å². The second-order valence-electron chi connectivity index (χ2n) is 3.65. The molecule has 0 unspecified atom stereocenters. The van der Waals surface area contributed by atoms with Crippen molar-refractivity contribution in [3.05, 3.63) is 54.1 Å². The molecular formula is C14H13NO. The van der Waals surface area contributed by atoms with E-state index in [1.807, 2.05) is 48.5 Å². The number of aldehydes is 1. The van der Waals surface area contributed by atoms with Crippen LogP contribution in [0.25, 0.3) is 11.1 Å². The van der Waals surface area contributed by atoms with Gasteiger partial charge in [0.1, 0.15) is 6.29 Å². The third kappa shape index (κ3) is 2.11. The van der Waals surface area contributed by atoms with Crippen molar-refractivity contribution in [2.75, 3.05) is 5.73 Å². The van der Waals surface area contributed by atoms with Crippen LogP contribution in [0.4, 0.5) is 5.69 Å². The average molecular weight is 211 g/mol. The predicted octanol–water partition coefficient (Wildman–Crippen LogP) is 2.68. The van der Waals surface area contributed by atoms with E-state index < -0.39 is 0 Å². The molecule has 0 radical (unpaired) electrons. The van der Waals surface area contributed by atoms with E-state index in [0.29, 0.717) is 6.42 Å². The van der Waals surface area contributed by atoms with E-state index in [1.54, 1.807) is 0 Å². The highest BCUT2D eigenvalue weighted by Gasteiger charge is 2.01. The number of hydrogen-bond acceptors (Lipinski definition) is 2. The lowest BCUT2D eigenvalue weighted by Crippen LogP contribution is -1.90. The molecule has 0 heterocycles. The molecule has 0 fully saturated rings. The van der Waals surface area contributed by atoms with E-state index >= 15 is 0 Å². The van der Waals surface area contributed by atoms with Crippen molar-refractivity contribution in [2.45, 2.75) is 6.42 Å². The van der Waals surface area contributed by atoms with Crippen molar-refractivity contribution in [2.24, 2.45) is 0 Å². The molecule has 2 nitrogen and oxygen atoms in total. The van der Waals surface area contributed by atoms with Crippen LogP contribution < -0.4 is 5.73 Å². The first-order valence-electron chi connectivity index (χ1n) is 5.18. The number of anilines is 1. The maximum absolute atomic E-state index is 10.4. The Labute approximate surface area is 94.7 Å². The van der Waals surface area contributed by atoms with Crippen molar-refractivity contribution in [1.82, 2.24) is 0 Å². The lowest BCUT2D eigenvalue weighted by Gasteiger charge is -2.05. The van der Waals surface area contributed by atoms with E-state index in [2.05, 4.69) is 0 Å². The molecule has 16 heavy (non-hydrogen) atoms. The summed E-state index contributed by atoms with van der Waals surface area (Å²) in [5.74, 6) is 0. The van der Waals surface area contributed by atoms with E-state index in [4.69, 9.17) is 5.73 Å². The Morgan fingerprint density at radius 2 is 1.69 bits per heavy atom. The molecule has 0 amide bonds. The van der Waals surface area contributed by atoms with Crippen LogP contribution in [-0.4, -0.2) is 6.29 Å². The summed E-state index contributed by atoms with van der Waals surface area (Å²) in [6, 6.07) is 15.6. The summed E-state index contributed by atoms with van der Waals surface area (Å²) in [6.45, 7) is 0. The Hall–Kier alpha value is -2.09. The monoisotopic (exact) mass is 211 g/mol. The molecule has 0 aliphatic carbocycles. The van der Waals surface area contributed by atoms with Gasteiger partial charge in [-0.3, -0.25) is 0 Å². The zero-order chi connectivity index (χ0) is 11.4. The van der Waals surface area contributed by atoms with Gasteiger partial charge in [-0.1, -0.05) is 42.5 Å². The molecule has 2 aromatic carbocycles. The minimum Gasteiger partial charge on any atom is -0.398 e. The van der Waals surface area contributed by atoms with E-state index in [-0.39, 0.29) is 0 Å². The number of nitrogens with two attached hydrogens (primary N) is 1. The Morgan fingerprint density at radius 3 is 2.31 bits per heavy atom. The second-order valence-corrected chi connectivity index (χ2v) is 3.65. The van der Waals surface area contributed by atoms with Gasteiger partial charge in [0.2, 0.25) is 0 Å². The van der Waals surface area contributed by atoms with Gasteiger partial charge in [0.25, 0.3) is 0 Å². The number of carbonyl (C=O) groups excluding carboxylic acids is 1. The molecule has 2 heteroatoms. The molecule has 2 aromatic rings. The van der Waals surface area contributed by atoms with Crippen molar-refractivity contribution in [1.29, 1.82) is 0 Å². The number of hydrogen-bond donors (Lipinski definition) is 1. The van der Waals surface area contributed by atoms with Gasteiger partial charge in [-0.2, -0.15) is 0 Å². The minimum atomic E-state index is 0.463. The molecule has 0 aliphatic rings. The van der Waals surface area contributed by atoms with Crippen LogP contribution >= 0.6 is 0 Å². The molecule has 2 N–H and O–H groups in total. The highest BCUT2D eigenvalue weighted by Crippen LogP contribution is 2.25. The Morgan fingerprint density at radius 1 is 1.00 bits per heavy atom. The van der Waals surface area contributed by atoms with E-state index in [1.165, 1.54) is 0 Å². The summed E-state index contributed by atoms with van der Waals surface area (Å²) < 4.78 is 0. The third-order valence-corrected chi connectivity index (χ3v) is 2.54. The van der Waals surface area contributed by atoms with Gasteiger partial charge in [-0.15, -0.1) is 0 Å². The smallest absolute Gasteiger partial charge is 0.124 e. The summed E-state index contributed by atoms with van der Waals surface area (Å²) >= 11 is 0. The Bertz CT molecular complexity index is 488. The van der Waals surface area contributed by atoms with Gasteiger partial charge >= 0.3 is 0 Å². The summed E-state index contributed by atoms with van der Waals surface area (Å²) in [5.41, 5.74) is 9.79. The molecule has 80 valence electrons. The minimum absolute atomic E-state index is 0.463. The van der Waals surface area contributed by atoms with E-state index in [9.17, 15) is 4.79 Å². The normalized spacial score (nSPS) is 10.0. The van der Waals surface area contributed by atoms with Crippen molar-refractivity contribution in [3.8, 4) is 11.1 Å². The van der Waals surface area contributed by atoms with Crippen LogP contribution in [0.5, 0.6) is 0 Å². The first kappa shape index (κ1) is 10.4. The molecule has 0 aromatic heterocycles. The number of carbonyl (C=O) groups is 1. The van der Waals surface area contributed by atoms with Crippen LogP contribution in [0.2, 0.25) is 0 Å². The van der Waals surface area contributed by atoms with Gasteiger partial charge in [0, 0.05) is 17.7 Å². The number of nitrogen functional groups attached to an aromatic ring is 1. The molecule has 0 saturated carbocycles.